The van der Waals surface area contributed by atoms with Gasteiger partial charge in [-0.25, -0.2) is 0 Å². The Hall–Kier alpha value is -3.11. The molecule has 0 atom stereocenters. The number of nitrogens with zero attached hydrogens (tertiary/aromatic N) is 1. The van der Waals surface area contributed by atoms with Crippen molar-refractivity contribution >= 4 is 11.0 Å². The number of fused-ring (bicyclic) bond motifs is 1. The molecule has 0 amide bonds. The van der Waals surface area contributed by atoms with E-state index in [1.165, 1.54) is 6.42 Å². The Morgan fingerprint density at radius 1 is 0.964 bits per heavy atom. The molecular weight excluding hydrogens is 348 g/mol. The second-order valence-electron chi connectivity index (χ2n) is 7.73. The first kappa shape index (κ1) is 17.0. The standard InChI is InChI=1S/C24H22N2O2/c1-26-15-12-19-20(16-6-3-2-4-7-16)21(28-22(19)23(26)27)17-8-10-18(11-9-17)24(25)13-5-14-24/h2-4,6-12,15H,5,13-14,25H2,1H3. The highest BCUT2D eigenvalue weighted by Gasteiger charge is 2.34. The van der Waals surface area contributed by atoms with Crippen LogP contribution in [0.3, 0.4) is 0 Å². The van der Waals surface area contributed by atoms with Crippen molar-refractivity contribution < 1.29 is 4.42 Å². The molecule has 0 spiro atoms. The van der Waals surface area contributed by atoms with E-state index in [0.717, 1.165) is 46.2 Å². The van der Waals surface area contributed by atoms with Crippen LogP contribution in [0.2, 0.25) is 0 Å². The normalized spacial score (nSPS) is 15.5. The van der Waals surface area contributed by atoms with Gasteiger partial charge in [0.15, 0.2) is 0 Å². The summed E-state index contributed by atoms with van der Waals surface area (Å²) >= 11 is 0. The highest BCUT2D eigenvalue weighted by atomic mass is 16.3. The fourth-order valence-corrected chi connectivity index (χ4v) is 4.07. The number of pyridine rings is 1. The maximum Gasteiger partial charge on any atom is 0.293 e. The van der Waals surface area contributed by atoms with Crippen LogP contribution in [0.25, 0.3) is 33.4 Å². The molecule has 1 aliphatic carbocycles. The van der Waals surface area contributed by atoms with E-state index < -0.39 is 0 Å². The first-order chi connectivity index (χ1) is 13.6. The lowest BCUT2D eigenvalue weighted by Crippen LogP contribution is -2.43. The van der Waals surface area contributed by atoms with Crippen molar-refractivity contribution in [1.29, 1.82) is 0 Å². The molecule has 2 aromatic heterocycles. The number of hydrogen-bond acceptors (Lipinski definition) is 3. The molecule has 1 aliphatic rings. The zero-order valence-corrected chi connectivity index (χ0v) is 15.8. The largest absolute Gasteiger partial charge is 0.450 e. The number of rotatable bonds is 3. The first-order valence-corrected chi connectivity index (χ1v) is 9.64. The number of aryl methyl sites for hydroxylation is 1. The third-order valence-electron chi connectivity index (χ3n) is 5.95. The van der Waals surface area contributed by atoms with Gasteiger partial charge >= 0.3 is 0 Å². The van der Waals surface area contributed by atoms with Crippen molar-refractivity contribution in [2.75, 3.05) is 0 Å². The van der Waals surface area contributed by atoms with Crippen molar-refractivity contribution in [2.45, 2.75) is 24.8 Å². The van der Waals surface area contributed by atoms with Gasteiger partial charge in [0.1, 0.15) is 5.76 Å². The fourth-order valence-electron chi connectivity index (χ4n) is 4.07. The summed E-state index contributed by atoms with van der Waals surface area (Å²) in [7, 11) is 1.74. The summed E-state index contributed by atoms with van der Waals surface area (Å²) in [5.41, 5.74) is 10.6. The van der Waals surface area contributed by atoms with Gasteiger partial charge in [-0.2, -0.15) is 0 Å². The predicted molar refractivity (Wildman–Crippen MR) is 112 cm³/mol. The van der Waals surface area contributed by atoms with Crippen LogP contribution in [0.5, 0.6) is 0 Å². The number of hydrogen-bond donors (Lipinski definition) is 1. The summed E-state index contributed by atoms with van der Waals surface area (Å²) in [6.07, 6.45) is 5.03. The third-order valence-corrected chi connectivity index (χ3v) is 5.95. The lowest BCUT2D eigenvalue weighted by Gasteiger charge is -2.38. The van der Waals surface area contributed by atoms with Crippen molar-refractivity contribution in [1.82, 2.24) is 4.57 Å². The number of nitrogens with two attached hydrogens (primary N) is 1. The van der Waals surface area contributed by atoms with Crippen molar-refractivity contribution in [3.05, 3.63) is 82.8 Å². The highest BCUT2D eigenvalue weighted by Crippen LogP contribution is 2.42. The molecular formula is C24H22N2O2. The minimum Gasteiger partial charge on any atom is -0.450 e. The van der Waals surface area contributed by atoms with Crippen LogP contribution in [0, 0.1) is 0 Å². The summed E-state index contributed by atoms with van der Waals surface area (Å²) in [4.78, 5) is 12.6. The van der Waals surface area contributed by atoms with Crippen LogP contribution in [0.4, 0.5) is 0 Å². The molecule has 2 heterocycles. The smallest absolute Gasteiger partial charge is 0.293 e. The second-order valence-corrected chi connectivity index (χ2v) is 7.73. The molecule has 4 nitrogen and oxygen atoms in total. The Labute approximate surface area is 163 Å². The average molecular weight is 370 g/mol. The monoisotopic (exact) mass is 370 g/mol. The van der Waals surface area contributed by atoms with Crippen molar-refractivity contribution in [3.63, 3.8) is 0 Å². The van der Waals surface area contributed by atoms with Gasteiger partial charge in [0.2, 0.25) is 5.58 Å². The van der Waals surface area contributed by atoms with Gasteiger partial charge in [0, 0.05) is 35.3 Å². The van der Waals surface area contributed by atoms with Gasteiger partial charge in [-0.1, -0.05) is 54.6 Å². The van der Waals surface area contributed by atoms with Crippen molar-refractivity contribution in [2.24, 2.45) is 12.8 Å². The Morgan fingerprint density at radius 3 is 2.32 bits per heavy atom. The minimum atomic E-state index is -0.190. The Bertz CT molecular complexity index is 1210. The van der Waals surface area contributed by atoms with Crippen LogP contribution >= 0.6 is 0 Å². The Kier molecular flexibility index (Phi) is 3.78. The van der Waals surface area contributed by atoms with E-state index in [2.05, 4.69) is 24.3 Å². The van der Waals surface area contributed by atoms with Gasteiger partial charge in [0.05, 0.1) is 0 Å². The third kappa shape index (κ3) is 2.53. The minimum absolute atomic E-state index is 0.132. The topological polar surface area (TPSA) is 61.2 Å². The average Bonchev–Trinajstić information content (AvgIpc) is 3.10. The summed E-state index contributed by atoms with van der Waals surface area (Å²) < 4.78 is 7.70. The molecule has 1 saturated carbocycles. The van der Waals surface area contributed by atoms with Crippen LogP contribution in [0.15, 0.2) is 76.1 Å². The number of furan rings is 1. The molecule has 2 N–H and O–H groups in total. The molecule has 0 aliphatic heterocycles. The lowest BCUT2D eigenvalue weighted by molar-refractivity contribution is 0.253. The Morgan fingerprint density at radius 2 is 1.68 bits per heavy atom. The Balaban J connectivity index is 1.72. The molecule has 0 bridgehead atoms. The quantitative estimate of drug-likeness (QED) is 0.563. The molecule has 4 heteroatoms. The molecule has 4 aromatic rings. The van der Waals surface area contributed by atoms with Gasteiger partial charge < -0.3 is 14.7 Å². The summed E-state index contributed by atoms with van der Waals surface area (Å²) in [5.74, 6) is 0.718. The molecule has 0 saturated heterocycles. The van der Waals surface area contributed by atoms with E-state index in [0.29, 0.717) is 5.58 Å². The molecule has 2 aromatic carbocycles. The number of aromatic nitrogens is 1. The van der Waals surface area contributed by atoms with Crippen LogP contribution in [-0.4, -0.2) is 4.57 Å². The van der Waals surface area contributed by atoms with Gasteiger partial charge in [0.25, 0.3) is 5.56 Å². The molecule has 5 rings (SSSR count). The van der Waals surface area contributed by atoms with Gasteiger partial charge in [-0.05, 0) is 36.5 Å². The van der Waals surface area contributed by atoms with E-state index in [9.17, 15) is 4.79 Å². The fraction of sp³-hybridized carbons (Fsp3) is 0.208. The maximum atomic E-state index is 12.6. The number of benzene rings is 2. The SMILES string of the molecule is Cn1ccc2c(-c3ccccc3)c(-c3ccc(C4(N)CCC4)cc3)oc2c1=O. The zero-order chi connectivity index (χ0) is 19.3. The van der Waals surface area contributed by atoms with Gasteiger partial charge in [-0.3, -0.25) is 4.79 Å². The summed E-state index contributed by atoms with van der Waals surface area (Å²) in [6.45, 7) is 0. The summed E-state index contributed by atoms with van der Waals surface area (Å²) in [5, 5.41) is 0.836. The van der Waals surface area contributed by atoms with Crippen molar-refractivity contribution in [3.8, 4) is 22.5 Å². The molecule has 140 valence electrons. The van der Waals surface area contributed by atoms with E-state index in [-0.39, 0.29) is 11.1 Å². The predicted octanol–water partition coefficient (Wildman–Crippen LogP) is 4.80. The van der Waals surface area contributed by atoms with E-state index in [4.69, 9.17) is 10.2 Å². The van der Waals surface area contributed by atoms with E-state index in [1.807, 2.05) is 36.4 Å². The maximum absolute atomic E-state index is 12.6. The molecule has 0 radical (unpaired) electrons. The zero-order valence-electron chi connectivity index (χ0n) is 15.8. The van der Waals surface area contributed by atoms with Crippen LogP contribution in [-0.2, 0) is 12.6 Å². The summed E-state index contributed by atoms with van der Waals surface area (Å²) in [6, 6.07) is 20.3. The van der Waals surface area contributed by atoms with Crippen LogP contribution < -0.4 is 11.3 Å². The van der Waals surface area contributed by atoms with Crippen LogP contribution in [0.1, 0.15) is 24.8 Å². The molecule has 0 unspecified atom stereocenters. The second kappa shape index (κ2) is 6.21. The molecule has 1 fully saturated rings. The van der Waals surface area contributed by atoms with E-state index >= 15 is 0 Å². The highest BCUT2D eigenvalue weighted by molar-refractivity contribution is 6.01. The van der Waals surface area contributed by atoms with Gasteiger partial charge in [-0.15, -0.1) is 0 Å². The first-order valence-electron chi connectivity index (χ1n) is 9.64. The van der Waals surface area contributed by atoms with E-state index in [1.54, 1.807) is 17.8 Å². The lowest BCUT2D eigenvalue weighted by atomic mass is 9.72. The molecule has 28 heavy (non-hydrogen) atoms.